The lowest BCUT2D eigenvalue weighted by Crippen LogP contribution is -1.97. The molecule has 5 heteroatoms. The Bertz CT molecular complexity index is 3240. The van der Waals surface area contributed by atoms with Gasteiger partial charge in [0.2, 0.25) is 0 Å². The fourth-order valence-corrected chi connectivity index (χ4v) is 9.03. The molecule has 0 aliphatic carbocycles. The number of benzene rings is 7. The van der Waals surface area contributed by atoms with E-state index >= 15 is 0 Å². The topological polar surface area (TPSA) is 51.8 Å². The minimum Gasteiger partial charge on any atom is -0.455 e. The maximum Gasteiger partial charge on any atom is 0.160 e. The minimum atomic E-state index is 0.677. The Morgan fingerprint density at radius 3 is 1.95 bits per heavy atom. The van der Waals surface area contributed by atoms with Gasteiger partial charge in [0, 0.05) is 71.2 Å². The van der Waals surface area contributed by atoms with Gasteiger partial charge in [-0.2, -0.15) is 0 Å². The summed E-state index contributed by atoms with van der Waals surface area (Å²) >= 11 is 1.84. The van der Waals surface area contributed by atoms with Crippen molar-refractivity contribution in [2.75, 3.05) is 0 Å². The van der Waals surface area contributed by atoms with Gasteiger partial charge in [0.05, 0.1) is 11.4 Å². The summed E-state index contributed by atoms with van der Waals surface area (Å²) < 4.78 is 9.31. The Kier molecular flexibility index (Phi) is 7.64. The summed E-state index contributed by atoms with van der Waals surface area (Å²) in [5.74, 6) is 0.677. The average molecular weight is 734 g/mol. The lowest BCUT2D eigenvalue weighted by atomic mass is 9.93. The summed E-state index contributed by atoms with van der Waals surface area (Å²) in [4.78, 5) is 14.6. The standard InChI is InChI=1S/C51H31N3OS/c1-2-11-34(12-3-1)51-53-44(30-45(54-51)40-15-5-4-14-37(40)36-13-10-28-52-31-36)33-22-20-32(21-23-33)39-26-25-38(49-42-17-6-8-18-46(42)55-50(39)49)35-24-27-48-43(29-35)41-16-7-9-19-47(41)56-48/h1-31H. The largest absolute Gasteiger partial charge is 0.455 e. The van der Waals surface area contributed by atoms with Crippen molar-refractivity contribution in [2.24, 2.45) is 0 Å². The van der Waals surface area contributed by atoms with Crippen LogP contribution in [0.5, 0.6) is 0 Å². The molecular weight excluding hydrogens is 703 g/mol. The minimum absolute atomic E-state index is 0.677. The predicted octanol–water partition coefficient (Wildman–Crippen LogP) is 14.1. The van der Waals surface area contributed by atoms with Crippen LogP contribution >= 0.6 is 11.3 Å². The molecule has 11 aromatic rings. The number of nitrogens with zero attached hydrogens (tertiary/aromatic N) is 3. The summed E-state index contributed by atoms with van der Waals surface area (Å²) in [6.45, 7) is 0. The van der Waals surface area contributed by atoms with E-state index in [1.165, 1.54) is 25.7 Å². The van der Waals surface area contributed by atoms with Gasteiger partial charge >= 0.3 is 0 Å². The average Bonchev–Trinajstić information content (AvgIpc) is 3.85. The van der Waals surface area contributed by atoms with Crippen LogP contribution in [0.3, 0.4) is 0 Å². The molecule has 7 aromatic carbocycles. The van der Waals surface area contributed by atoms with E-state index in [0.717, 1.165) is 77.8 Å². The number of para-hydroxylation sites is 1. The van der Waals surface area contributed by atoms with E-state index in [2.05, 4.69) is 151 Å². The molecule has 0 saturated heterocycles. The van der Waals surface area contributed by atoms with Crippen LogP contribution in [0.4, 0.5) is 0 Å². The van der Waals surface area contributed by atoms with Gasteiger partial charge in [-0.25, -0.2) is 9.97 Å². The van der Waals surface area contributed by atoms with Crippen LogP contribution in [-0.4, -0.2) is 15.0 Å². The third kappa shape index (κ3) is 5.48. The molecule has 0 saturated carbocycles. The highest BCUT2D eigenvalue weighted by Crippen LogP contribution is 2.44. The van der Waals surface area contributed by atoms with Crippen molar-refractivity contribution in [1.82, 2.24) is 15.0 Å². The van der Waals surface area contributed by atoms with Crippen LogP contribution in [0.15, 0.2) is 193 Å². The first-order chi connectivity index (χ1) is 27.7. The van der Waals surface area contributed by atoms with Crippen LogP contribution < -0.4 is 0 Å². The van der Waals surface area contributed by atoms with E-state index in [1.54, 1.807) is 6.20 Å². The monoisotopic (exact) mass is 733 g/mol. The van der Waals surface area contributed by atoms with Crippen molar-refractivity contribution in [3.8, 4) is 67.3 Å². The van der Waals surface area contributed by atoms with Crippen molar-refractivity contribution in [1.29, 1.82) is 0 Å². The smallest absolute Gasteiger partial charge is 0.160 e. The number of pyridine rings is 1. The number of hydrogen-bond donors (Lipinski definition) is 0. The Hall–Kier alpha value is -7.21. The molecule has 0 aliphatic heterocycles. The Morgan fingerprint density at radius 2 is 1.09 bits per heavy atom. The zero-order chi connectivity index (χ0) is 37.0. The van der Waals surface area contributed by atoms with Crippen LogP contribution in [0.2, 0.25) is 0 Å². The highest BCUT2D eigenvalue weighted by molar-refractivity contribution is 7.25. The van der Waals surface area contributed by atoms with Crippen LogP contribution in [0, 0.1) is 0 Å². The molecule has 0 radical (unpaired) electrons. The van der Waals surface area contributed by atoms with Gasteiger partial charge in [0.25, 0.3) is 0 Å². The van der Waals surface area contributed by atoms with Crippen molar-refractivity contribution >= 4 is 53.4 Å². The van der Waals surface area contributed by atoms with Crippen molar-refractivity contribution in [3.63, 3.8) is 0 Å². The Morgan fingerprint density at radius 1 is 0.411 bits per heavy atom. The van der Waals surface area contributed by atoms with Crippen molar-refractivity contribution in [2.45, 2.75) is 0 Å². The highest BCUT2D eigenvalue weighted by Gasteiger charge is 2.19. The molecule has 0 fully saturated rings. The van der Waals surface area contributed by atoms with Gasteiger partial charge in [-0.1, -0.05) is 133 Å². The molecule has 0 spiro atoms. The number of hydrogen-bond acceptors (Lipinski definition) is 5. The zero-order valence-corrected chi connectivity index (χ0v) is 30.9. The fraction of sp³-hybridized carbons (Fsp3) is 0. The third-order valence-electron chi connectivity index (χ3n) is 10.6. The Labute approximate surface area is 327 Å². The summed E-state index contributed by atoms with van der Waals surface area (Å²) in [5, 5.41) is 4.82. The molecule has 11 rings (SSSR count). The van der Waals surface area contributed by atoms with Gasteiger partial charge in [-0.05, 0) is 64.7 Å². The molecule has 262 valence electrons. The lowest BCUT2D eigenvalue weighted by Gasteiger charge is -2.13. The molecule has 4 heterocycles. The number of thiophene rings is 1. The number of aromatic nitrogens is 3. The summed E-state index contributed by atoms with van der Waals surface area (Å²) in [6, 6.07) is 61.7. The van der Waals surface area contributed by atoms with Crippen LogP contribution in [-0.2, 0) is 0 Å². The summed E-state index contributed by atoms with van der Waals surface area (Å²) in [5.41, 5.74) is 13.0. The third-order valence-corrected chi connectivity index (χ3v) is 11.8. The van der Waals surface area contributed by atoms with Gasteiger partial charge in [-0.15, -0.1) is 11.3 Å². The van der Waals surface area contributed by atoms with Crippen molar-refractivity contribution in [3.05, 3.63) is 188 Å². The van der Waals surface area contributed by atoms with Gasteiger partial charge < -0.3 is 4.42 Å². The normalized spacial score (nSPS) is 11.6. The van der Waals surface area contributed by atoms with Gasteiger partial charge in [0.15, 0.2) is 5.82 Å². The SMILES string of the molecule is c1ccc(-c2nc(-c3ccc(-c4ccc(-c5ccc6sc7ccccc7c6c5)c5c4oc4ccccc45)cc3)cc(-c3ccccc3-c3cccnc3)n2)cc1. The first kappa shape index (κ1) is 32.2. The second kappa shape index (κ2) is 13.3. The van der Waals surface area contributed by atoms with Gasteiger partial charge in [-0.3, -0.25) is 4.98 Å². The highest BCUT2D eigenvalue weighted by atomic mass is 32.1. The first-order valence-corrected chi connectivity index (χ1v) is 19.5. The molecule has 0 N–H and O–H groups in total. The maximum absolute atomic E-state index is 6.71. The van der Waals surface area contributed by atoms with Crippen LogP contribution in [0.1, 0.15) is 0 Å². The van der Waals surface area contributed by atoms with E-state index in [-0.39, 0.29) is 0 Å². The molecule has 0 unspecified atom stereocenters. The summed E-state index contributed by atoms with van der Waals surface area (Å²) in [7, 11) is 0. The predicted molar refractivity (Wildman–Crippen MR) is 233 cm³/mol. The second-order valence-electron chi connectivity index (χ2n) is 14.0. The molecule has 0 atom stereocenters. The van der Waals surface area contributed by atoms with Gasteiger partial charge in [0.1, 0.15) is 11.2 Å². The molecule has 4 aromatic heterocycles. The molecule has 0 aliphatic rings. The van der Waals surface area contributed by atoms with Crippen molar-refractivity contribution < 1.29 is 4.42 Å². The molecule has 0 amide bonds. The number of rotatable bonds is 6. The lowest BCUT2D eigenvalue weighted by molar-refractivity contribution is 0.670. The second-order valence-corrected chi connectivity index (χ2v) is 15.0. The maximum atomic E-state index is 6.71. The molecule has 0 bridgehead atoms. The molecular formula is C51H31N3OS. The fourth-order valence-electron chi connectivity index (χ4n) is 7.94. The van der Waals surface area contributed by atoms with Crippen LogP contribution in [0.25, 0.3) is 109 Å². The van der Waals surface area contributed by atoms with E-state index in [4.69, 9.17) is 14.4 Å². The quantitative estimate of drug-likeness (QED) is 0.171. The first-order valence-electron chi connectivity index (χ1n) is 18.7. The van der Waals surface area contributed by atoms with E-state index in [0.29, 0.717) is 5.82 Å². The number of furan rings is 1. The van der Waals surface area contributed by atoms with E-state index in [9.17, 15) is 0 Å². The number of fused-ring (bicyclic) bond motifs is 6. The molecule has 56 heavy (non-hydrogen) atoms. The summed E-state index contributed by atoms with van der Waals surface area (Å²) in [6.07, 6.45) is 3.69. The van der Waals surface area contributed by atoms with E-state index < -0.39 is 0 Å². The Balaban J connectivity index is 1.03. The zero-order valence-electron chi connectivity index (χ0n) is 30.1. The molecule has 4 nitrogen and oxygen atoms in total. The van der Waals surface area contributed by atoms with E-state index in [1.807, 2.05) is 47.9 Å².